The largest absolute Gasteiger partial charge is 0.388 e. The number of fused-ring (bicyclic) bond motifs is 2. The number of rotatable bonds is 1. The summed E-state index contributed by atoms with van der Waals surface area (Å²) in [5.74, 6) is -0.155. The highest BCUT2D eigenvalue weighted by atomic mass is 16.3. The van der Waals surface area contributed by atoms with Crippen LogP contribution < -0.4 is 0 Å². The van der Waals surface area contributed by atoms with Crippen LogP contribution in [0.2, 0.25) is 0 Å². The molecule has 2 aromatic rings. The van der Waals surface area contributed by atoms with E-state index in [-0.39, 0.29) is 18.4 Å². The summed E-state index contributed by atoms with van der Waals surface area (Å²) in [6.07, 6.45) is 4.10. The van der Waals surface area contributed by atoms with Crippen molar-refractivity contribution in [2.75, 3.05) is 0 Å². The molecular formula is C15H19N3O2. The zero-order valence-electron chi connectivity index (χ0n) is 12.4. The van der Waals surface area contributed by atoms with E-state index in [0.29, 0.717) is 19.3 Å². The van der Waals surface area contributed by atoms with Gasteiger partial charge < -0.3 is 14.8 Å². The van der Waals surface area contributed by atoms with Crippen LogP contribution >= 0.6 is 0 Å². The molecule has 106 valence electrons. The molecule has 20 heavy (non-hydrogen) atoms. The predicted molar refractivity (Wildman–Crippen MR) is 74.2 cm³/mol. The van der Waals surface area contributed by atoms with Crippen LogP contribution in [0.5, 0.6) is 0 Å². The predicted octanol–water partition coefficient (Wildman–Crippen LogP) is 1.58. The van der Waals surface area contributed by atoms with Crippen LogP contribution in [0.15, 0.2) is 18.6 Å². The van der Waals surface area contributed by atoms with E-state index in [1.165, 1.54) is 6.33 Å². The van der Waals surface area contributed by atoms with Crippen LogP contribution in [0.3, 0.4) is 0 Å². The number of aliphatic hydroxyl groups excluding tert-OH is 1. The molecule has 0 spiro atoms. The van der Waals surface area contributed by atoms with Crippen molar-refractivity contribution < 1.29 is 11.6 Å². The molecule has 0 radical (unpaired) electrons. The molecule has 0 aromatic carbocycles. The Morgan fingerprint density at radius 2 is 2.35 bits per heavy atom. The van der Waals surface area contributed by atoms with Gasteiger partial charge in [-0.2, -0.15) is 0 Å². The molecule has 5 nitrogen and oxygen atoms in total. The zero-order valence-corrected chi connectivity index (χ0v) is 11.4. The molecule has 2 heterocycles. The molecule has 2 aromatic heterocycles. The summed E-state index contributed by atoms with van der Waals surface area (Å²) < 4.78 is 10.0. The van der Waals surface area contributed by atoms with Gasteiger partial charge in [0.1, 0.15) is 18.1 Å². The fraction of sp³-hybridized carbons (Fsp3) is 0.600. The van der Waals surface area contributed by atoms with Crippen LogP contribution in [0, 0.1) is 12.8 Å². The molecule has 0 aliphatic heterocycles. The smallest absolute Gasteiger partial charge is 0.143 e. The average molecular weight is 275 g/mol. The molecule has 4 rings (SSSR count). The van der Waals surface area contributed by atoms with Gasteiger partial charge in [0.25, 0.3) is 0 Å². The van der Waals surface area contributed by atoms with E-state index < -0.39 is 11.7 Å². The maximum absolute atomic E-state index is 10.7. The minimum atomic E-state index is -1.12. The number of nitrogens with zero attached hydrogens (tertiary/aromatic N) is 3. The molecule has 0 saturated heterocycles. The molecule has 5 heteroatoms. The van der Waals surface area contributed by atoms with Crippen molar-refractivity contribution in [2.24, 2.45) is 5.92 Å². The van der Waals surface area contributed by atoms with Gasteiger partial charge in [-0.15, -0.1) is 0 Å². The Labute approximate surface area is 118 Å². The number of hydrogen-bond donors (Lipinski definition) is 2. The van der Waals surface area contributed by atoms with Crippen molar-refractivity contribution in [3.05, 3.63) is 24.3 Å². The highest BCUT2D eigenvalue weighted by molar-refractivity contribution is 5.78. The van der Waals surface area contributed by atoms with Crippen LogP contribution in [0.25, 0.3) is 11.0 Å². The summed E-state index contributed by atoms with van der Waals surface area (Å²) in [6.45, 7) is 1.93. The second kappa shape index (κ2) is 4.02. The van der Waals surface area contributed by atoms with Gasteiger partial charge in [0.2, 0.25) is 0 Å². The Kier molecular flexibility index (Phi) is 2.26. The van der Waals surface area contributed by atoms with Gasteiger partial charge in [0, 0.05) is 13.0 Å². The normalized spacial score (nSPS) is 41.0. The van der Waals surface area contributed by atoms with Crippen molar-refractivity contribution in [2.45, 2.75) is 50.3 Å². The maximum atomic E-state index is 10.7. The van der Waals surface area contributed by atoms with Crippen molar-refractivity contribution in [3.8, 4) is 0 Å². The number of aromatic nitrogens is 3. The van der Waals surface area contributed by atoms with Crippen LogP contribution in [-0.2, 0) is 0 Å². The SMILES string of the molecule is [3H][C@H]1CC[C@@]2(O)[C@@H]1C[C@@H](n1ccc3c(C)ncnc31)[C@@H]2O. The third kappa shape index (κ3) is 1.45. The van der Waals surface area contributed by atoms with Gasteiger partial charge >= 0.3 is 0 Å². The second-order valence-corrected chi connectivity index (χ2v) is 6.04. The van der Waals surface area contributed by atoms with Gasteiger partial charge in [-0.1, -0.05) is 6.42 Å². The average Bonchev–Trinajstić information content (AvgIpc) is 3.07. The Bertz CT molecular complexity index is 703. The Morgan fingerprint density at radius 3 is 3.15 bits per heavy atom. The molecule has 2 aliphatic carbocycles. The van der Waals surface area contributed by atoms with Crippen molar-refractivity contribution in [3.63, 3.8) is 0 Å². The van der Waals surface area contributed by atoms with Gasteiger partial charge in [-0.25, -0.2) is 9.97 Å². The lowest BCUT2D eigenvalue weighted by Gasteiger charge is -2.28. The molecule has 2 saturated carbocycles. The Morgan fingerprint density at radius 1 is 1.50 bits per heavy atom. The van der Waals surface area contributed by atoms with Crippen molar-refractivity contribution >= 4 is 11.0 Å². The first-order valence-electron chi connectivity index (χ1n) is 7.71. The minimum absolute atomic E-state index is 0.155. The molecule has 0 amide bonds. The van der Waals surface area contributed by atoms with Crippen LogP contribution in [0.1, 0.15) is 38.8 Å². The van der Waals surface area contributed by atoms with Gasteiger partial charge in [0.05, 0.1) is 17.3 Å². The van der Waals surface area contributed by atoms with E-state index in [4.69, 9.17) is 1.37 Å². The molecule has 2 fully saturated rings. The summed E-state index contributed by atoms with van der Waals surface area (Å²) >= 11 is 0. The van der Waals surface area contributed by atoms with Crippen LogP contribution in [-0.4, -0.2) is 36.5 Å². The quantitative estimate of drug-likeness (QED) is 0.829. The lowest BCUT2D eigenvalue weighted by Crippen LogP contribution is -2.41. The molecule has 0 bridgehead atoms. The number of aliphatic hydroxyl groups is 2. The second-order valence-electron chi connectivity index (χ2n) is 6.04. The Balaban J connectivity index is 1.79. The van der Waals surface area contributed by atoms with E-state index in [9.17, 15) is 10.2 Å². The summed E-state index contributed by atoms with van der Waals surface area (Å²) in [7, 11) is 0. The minimum Gasteiger partial charge on any atom is -0.388 e. The van der Waals surface area contributed by atoms with Gasteiger partial charge in [0.15, 0.2) is 0 Å². The first kappa shape index (κ1) is 11.2. The van der Waals surface area contributed by atoms with Crippen LogP contribution in [0.4, 0.5) is 0 Å². The highest BCUT2D eigenvalue weighted by Gasteiger charge is 2.56. The molecule has 0 unspecified atom stereocenters. The van der Waals surface area contributed by atoms with E-state index >= 15 is 0 Å². The Hall–Kier alpha value is -1.46. The van der Waals surface area contributed by atoms with Gasteiger partial charge in [-0.05, 0) is 38.1 Å². The lowest BCUT2D eigenvalue weighted by atomic mass is 9.93. The topological polar surface area (TPSA) is 71.2 Å². The third-order valence-electron chi connectivity index (χ3n) is 5.08. The highest BCUT2D eigenvalue weighted by Crippen LogP contribution is 2.52. The standard InChI is InChI=1S/C15H19N3O2/c1-9-11-4-6-18(14(11)17-8-16-9)12-7-10-3-2-5-15(10,20)13(12)19/h4,6,8,10,12-13,19-20H,2-3,5,7H2,1H3/t10-,12+,13-,15+/m0/s1/i3T/t3-,10-,12+,13-,15+. The van der Waals surface area contributed by atoms with E-state index in [1.54, 1.807) is 0 Å². The number of aryl methyl sites for hydroxylation is 1. The zero-order chi connectivity index (χ0) is 14.8. The first-order valence-corrected chi connectivity index (χ1v) is 7.13. The summed E-state index contributed by atoms with van der Waals surface area (Å²) in [5, 5.41) is 22.4. The van der Waals surface area contributed by atoms with E-state index in [1.807, 2.05) is 23.8 Å². The first-order chi connectivity index (χ1) is 10.0. The molecule has 2 N–H and O–H groups in total. The fourth-order valence-electron chi connectivity index (χ4n) is 3.93. The number of hydrogen-bond acceptors (Lipinski definition) is 4. The third-order valence-corrected chi connectivity index (χ3v) is 5.08. The summed E-state index contributed by atoms with van der Waals surface area (Å²) in [6, 6.07) is 1.73. The molecule has 5 atom stereocenters. The fourth-order valence-corrected chi connectivity index (χ4v) is 3.93. The van der Waals surface area contributed by atoms with E-state index in [0.717, 1.165) is 16.7 Å². The van der Waals surface area contributed by atoms with E-state index in [2.05, 4.69) is 9.97 Å². The van der Waals surface area contributed by atoms with Crippen molar-refractivity contribution in [1.29, 1.82) is 0 Å². The maximum Gasteiger partial charge on any atom is 0.143 e. The van der Waals surface area contributed by atoms with Crippen molar-refractivity contribution in [1.82, 2.24) is 14.5 Å². The summed E-state index contributed by atoms with van der Waals surface area (Å²) in [5.41, 5.74) is 0.579. The summed E-state index contributed by atoms with van der Waals surface area (Å²) in [4.78, 5) is 8.51. The lowest BCUT2D eigenvalue weighted by molar-refractivity contribution is -0.0765. The van der Waals surface area contributed by atoms with Gasteiger partial charge in [-0.3, -0.25) is 0 Å². The monoisotopic (exact) mass is 275 g/mol. The molecular weight excluding hydrogens is 254 g/mol. The molecule has 2 aliphatic rings.